The molecule has 140 valence electrons. The Morgan fingerprint density at radius 2 is 1.78 bits per heavy atom. The number of imide groups is 1. The largest absolute Gasteiger partial charge is 0.325 e. The summed E-state index contributed by atoms with van der Waals surface area (Å²) in [5.41, 5.74) is 0.000552. The van der Waals surface area contributed by atoms with Crippen LogP contribution in [0.2, 0.25) is 0 Å². The number of nitrogens with zero attached hydrogens (tertiary/aromatic N) is 1. The molecule has 1 saturated carbocycles. The van der Waals surface area contributed by atoms with E-state index in [1.165, 1.54) is 4.90 Å². The summed E-state index contributed by atoms with van der Waals surface area (Å²) in [5, 5.41) is 7.78. The smallest absolute Gasteiger partial charge is 0.325 e. The van der Waals surface area contributed by atoms with Crippen LogP contribution in [0.1, 0.15) is 38.5 Å². The molecule has 1 heterocycles. The third-order valence-electron chi connectivity index (χ3n) is 5.58. The highest BCUT2D eigenvalue weighted by molar-refractivity contribution is 6.07. The molecule has 1 saturated heterocycles. The minimum absolute atomic E-state index is 0.0818. The van der Waals surface area contributed by atoms with Crippen LogP contribution >= 0.6 is 0 Å². The first-order valence-electron chi connectivity index (χ1n) is 9.51. The molecule has 1 spiro atoms. The van der Waals surface area contributed by atoms with Crippen LogP contribution in [0.15, 0.2) is 42.5 Å². The summed E-state index contributed by atoms with van der Waals surface area (Å²) in [4.78, 5) is 38.6. The number of carbonyl (C=O) groups is 3. The van der Waals surface area contributed by atoms with Crippen molar-refractivity contribution >= 4 is 34.3 Å². The van der Waals surface area contributed by atoms with E-state index >= 15 is 0 Å². The molecule has 0 unspecified atom stereocenters. The Bertz CT molecular complexity index is 897. The van der Waals surface area contributed by atoms with E-state index < -0.39 is 5.54 Å². The zero-order valence-corrected chi connectivity index (χ0v) is 15.2. The maximum absolute atomic E-state index is 12.7. The minimum atomic E-state index is -0.735. The molecule has 2 aliphatic rings. The van der Waals surface area contributed by atoms with Crippen LogP contribution in [-0.2, 0) is 9.59 Å². The molecule has 0 aromatic heterocycles. The highest BCUT2D eigenvalue weighted by Gasteiger charge is 2.51. The van der Waals surface area contributed by atoms with Gasteiger partial charge in [0.25, 0.3) is 5.91 Å². The van der Waals surface area contributed by atoms with Crippen molar-refractivity contribution in [2.45, 2.75) is 44.1 Å². The van der Waals surface area contributed by atoms with Gasteiger partial charge in [-0.1, -0.05) is 55.7 Å². The molecule has 0 bridgehead atoms. The van der Waals surface area contributed by atoms with Crippen LogP contribution < -0.4 is 10.6 Å². The van der Waals surface area contributed by atoms with Gasteiger partial charge in [-0.2, -0.15) is 0 Å². The van der Waals surface area contributed by atoms with Gasteiger partial charge in [-0.05, 0) is 24.3 Å². The first-order valence-corrected chi connectivity index (χ1v) is 9.51. The third kappa shape index (κ3) is 3.27. The standard InChI is InChI=1S/C21H23N3O3/c25-18(22-17-10-6-8-15-7-2-3-9-16(15)17)11-14-24-19(26)21(23-20(24)27)12-4-1-5-13-21/h2-3,6-10H,1,4-5,11-14H2,(H,22,25)(H,23,27). The van der Waals surface area contributed by atoms with Crippen molar-refractivity contribution in [2.75, 3.05) is 11.9 Å². The number of hydrogen-bond acceptors (Lipinski definition) is 3. The van der Waals surface area contributed by atoms with Crippen molar-refractivity contribution in [3.63, 3.8) is 0 Å². The van der Waals surface area contributed by atoms with Crippen molar-refractivity contribution in [3.8, 4) is 0 Å². The Morgan fingerprint density at radius 1 is 1.04 bits per heavy atom. The summed E-state index contributed by atoms with van der Waals surface area (Å²) in [6, 6.07) is 13.2. The van der Waals surface area contributed by atoms with E-state index in [1.54, 1.807) is 0 Å². The van der Waals surface area contributed by atoms with E-state index in [9.17, 15) is 14.4 Å². The average Bonchev–Trinajstić information content (AvgIpc) is 2.90. The van der Waals surface area contributed by atoms with Crippen LogP contribution in [0.3, 0.4) is 0 Å². The summed E-state index contributed by atoms with van der Waals surface area (Å²) < 4.78 is 0. The first-order chi connectivity index (χ1) is 13.1. The SMILES string of the molecule is O=C(CCN1C(=O)NC2(CCCCC2)C1=O)Nc1cccc2ccccc12. The number of fused-ring (bicyclic) bond motifs is 1. The summed E-state index contributed by atoms with van der Waals surface area (Å²) in [6.45, 7) is 0.100. The zero-order valence-electron chi connectivity index (χ0n) is 15.2. The van der Waals surface area contributed by atoms with Gasteiger partial charge in [0.05, 0.1) is 0 Å². The van der Waals surface area contributed by atoms with Crippen LogP contribution in [0.4, 0.5) is 10.5 Å². The molecule has 2 aromatic carbocycles. The summed E-state index contributed by atoms with van der Waals surface area (Å²) in [6.07, 6.45) is 4.45. The average molecular weight is 365 g/mol. The normalized spacial score (nSPS) is 18.7. The van der Waals surface area contributed by atoms with Gasteiger partial charge in [-0.15, -0.1) is 0 Å². The Balaban J connectivity index is 1.40. The number of rotatable bonds is 4. The third-order valence-corrected chi connectivity index (χ3v) is 5.58. The van der Waals surface area contributed by atoms with Gasteiger partial charge in [-0.25, -0.2) is 4.79 Å². The van der Waals surface area contributed by atoms with E-state index in [2.05, 4.69) is 10.6 Å². The molecule has 6 heteroatoms. The maximum Gasteiger partial charge on any atom is 0.325 e. The van der Waals surface area contributed by atoms with E-state index in [-0.39, 0.29) is 30.8 Å². The molecular weight excluding hydrogens is 342 g/mol. The Hall–Kier alpha value is -2.89. The van der Waals surface area contributed by atoms with Crippen molar-refractivity contribution in [1.29, 1.82) is 0 Å². The van der Waals surface area contributed by atoms with Crippen molar-refractivity contribution in [3.05, 3.63) is 42.5 Å². The molecule has 4 amide bonds. The van der Waals surface area contributed by atoms with Gasteiger partial charge in [-0.3, -0.25) is 14.5 Å². The molecule has 1 aliphatic carbocycles. The van der Waals surface area contributed by atoms with Crippen LogP contribution in [0, 0.1) is 0 Å². The number of amides is 4. The monoisotopic (exact) mass is 365 g/mol. The molecule has 6 nitrogen and oxygen atoms in total. The quantitative estimate of drug-likeness (QED) is 0.815. The number of benzene rings is 2. The predicted octanol–water partition coefficient (Wildman–Crippen LogP) is 3.42. The fourth-order valence-electron chi connectivity index (χ4n) is 4.13. The van der Waals surface area contributed by atoms with Gasteiger partial charge in [0.1, 0.15) is 5.54 Å². The first kappa shape index (κ1) is 17.5. The Kier molecular flexibility index (Phi) is 4.56. The van der Waals surface area contributed by atoms with Gasteiger partial charge < -0.3 is 10.6 Å². The molecule has 2 aromatic rings. The van der Waals surface area contributed by atoms with Crippen LogP contribution in [0.25, 0.3) is 10.8 Å². The van der Waals surface area contributed by atoms with Gasteiger partial charge in [0.2, 0.25) is 5.91 Å². The fourth-order valence-corrected chi connectivity index (χ4v) is 4.13. The Morgan fingerprint density at radius 3 is 2.59 bits per heavy atom. The zero-order chi connectivity index (χ0) is 18.9. The second kappa shape index (κ2) is 7.02. The Labute approximate surface area is 157 Å². The van der Waals surface area contributed by atoms with Crippen LogP contribution in [-0.4, -0.2) is 34.8 Å². The number of anilines is 1. The number of nitrogens with one attached hydrogen (secondary N) is 2. The summed E-state index contributed by atoms with van der Waals surface area (Å²) >= 11 is 0. The van der Waals surface area contributed by atoms with Crippen molar-refractivity contribution in [2.24, 2.45) is 0 Å². The van der Waals surface area contributed by atoms with E-state index in [0.29, 0.717) is 12.8 Å². The lowest BCUT2D eigenvalue weighted by atomic mass is 9.82. The topological polar surface area (TPSA) is 78.5 Å². The van der Waals surface area contributed by atoms with E-state index in [1.807, 2.05) is 42.5 Å². The van der Waals surface area contributed by atoms with E-state index in [4.69, 9.17) is 0 Å². The van der Waals surface area contributed by atoms with Gasteiger partial charge in [0.15, 0.2) is 0 Å². The van der Waals surface area contributed by atoms with Gasteiger partial charge in [0, 0.05) is 24.0 Å². The molecule has 0 radical (unpaired) electrons. The highest BCUT2D eigenvalue weighted by atomic mass is 16.2. The van der Waals surface area contributed by atoms with Crippen molar-refractivity contribution in [1.82, 2.24) is 10.2 Å². The molecule has 2 fully saturated rings. The lowest BCUT2D eigenvalue weighted by Crippen LogP contribution is -2.48. The lowest BCUT2D eigenvalue weighted by Gasteiger charge is -2.30. The second-order valence-electron chi connectivity index (χ2n) is 7.35. The molecule has 27 heavy (non-hydrogen) atoms. The van der Waals surface area contributed by atoms with E-state index in [0.717, 1.165) is 35.7 Å². The number of hydrogen-bond donors (Lipinski definition) is 2. The molecule has 1 aliphatic heterocycles. The summed E-state index contributed by atoms with van der Waals surface area (Å²) in [5.74, 6) is -0.387. The second-order valence-corrected chi connectivity index (χ2v) is 7.35. The molecule has 2 N–H and O–H groups in total. The van der Waals surface area contributed by atoms with Gasteiger partial charge >= 0.3 is 6.03 Å². The highest BCUT2D eigenvalue weighted by Crippen LogP contribution is 2.33. The molecular formula is C21H23N3O3. The lowest BCUT2D eigenvalue weighted by molar-refractivity contribution is -0.132. The molecule has 0 atom stereocenters. The number of carbonyl (C=O) groups excluding carboxylic acids is 3. The van der Waals surface area contributed by atoms with Crippen molar-refractivity contribution < 1.29 is 14.4 Å². The number of urea groups is 1. The molecule has 4 rings (SSSR count). The van der Waals surface area contributed by atoms with Crippen LogP contribution in [0.5, 0.6) is 0 Å². The fraction of sp³-hybridized carbons (Fsp3) is 0.381. The minimum Gasteiger partial charge on any atom is -0.325 e. The summed E-state index contributed by atoms with van der Waals surface area (Å²) in [7, 11) is 0. The predicted molar refractivity (Wildman–Crippen MR) is 103 cm³/mol. The maximum atomic E-state index is 12.7.